The van der Waals surface area contributed by atoms with Gasteiger partial charge in [0, 0.05) is 24.2 Å². The van der Waals surface area contributed by atoms with Crippen LogP contribution in [-0.4, -0.2) is 38.9 Å². The summed E-state index contributed by atoms with van der Waals surface area (Å²) in [5, 5.41) is 5.95. The van der Waals surface area contributed by atoms with Crippen LogP contribution in [0.2, 0.25) is 0 Å². The van der Waals surface area contributed by atoms with Gasteiger partial charge >= 0.3 is 0 Å². The Bertz CT molecular complexity index is 822. The predicted molar refractivity (Wildman–Crippen MR) is 102 cm³/mol. The average molecular weight is 391 g/mol. The second-order valence-electron chi connectivity index (χ2n) is 6.61. The number of anilines is 1. The SMILES string of the molecule is Cc1cc(NC(=O)C(C)SCC(=O)N(Cc2ccccc2F)C2CC2)no1. The molecule has 1 aliphatic rings. The van der Waals surface area contributed by atoms with Gasteiger partial charge in [0.25, 0.3) is 0 Å². The van der Waals surface area contributed by atoms with Crippen LogP contribution in [-0.2, 0) is 16.1 Å². The van der Waals surface area contributed by atoms with E-state index in [1.54, 1.807) is 43.0 Å². The number of nitrogens with zero attached hydrogens (tertiary/aromatic N) is 2. The van der Waals surface area contributed by atoms with E-state index >= 15 is 0 Å². The first kappa shape index (κ1) is 19.4. The number of nitrogens with one attached hydrogen (secondary N) is 1. The number of aryl methyl sites for hydroxylation is 1. The van der Waals surface area contributed by atoms with Crippen LogP contribution in [0.1, 0.15) is 31.1 Å². The van der Waals surface area contributed by atoms with Crippen molar-refractivity contribution in [1.29, 1.82) is 0 Å². The number of halogens is 1. The van der Waals surface area contributed by atoms with Crippen LogP contribution in [0.25, 0.3) is 0 Å². The summed E-state index contributed by atoms with van der Waals surface area (Å²) in [7, 11) is 0. The molecule has 27 heavy (non-hydrogen) atoms. The van der Waals surface area contributed by atoms with Crippen molar-refractivity contribution >= 4 is 29.4 Å². The number of aromatic nitrogens is 1. The molecule has 1 unspecified atom stereocenters. The molecule has 2 amide bonds. The molecule has 1 fully saturated rings. The molecule has 0 spiro atoms. The number of benzene rings is 1. The third-order valence-corrected chi connectivity index (χ3v) is 5.44. The van der Waals surface area contributed by atoms with Gasteiger partial charge in [-0.1, -0.05) is 23.4 Å². The molecule has 1 aliphatic carbocycles. The molecule has 1 saturated carbocycles. The van der Waals surface area contributed by atoms with E-state index < -0.39 is 5.25 Å². The highest BCUT2D eigenvalue weighted by Crippen LogP contribution is 2.30. The molecule has 1 aromatic heterocycles. The van der Waals surface area contributed by atoms with Gasteiger partial charge < -0.3 is 14.7 Å². The Balaban J connectivity index is 1.53. The molecule has 1 aromatic carbocycles. The molecule has 1 heterocycles. The highest BCUT2D eigenvalue weighted by atomic mass is 32.2. The van der Waals surface area contributed by atoms with E-state index in [1.165, 1.54) is 17.8 Å². The van der Waals surface area contributed by atoms with Gasteiger partial charge in [0.2, 0.25) is 11.8 Å². The van der Waals surface area contributed by atoms with Crippen molar-refractivity contribution in [1.82, 2.24) is 10.1 Å². The molecule has 0 aliphatic heterocycles. The number of thioether (sulfide) groups is 1. The van der Waals surface area contributed by atoms with Crippen LogP contribution < -0.4 is 5.32 Å². The molecule has 1 atom stereocenters. The predicted octanol–water partition coefficient (Wildman–Crippen LogP) is 3.37. The minimum absolute atomic E-state index is 0.0808. The van der Waals surface area contributed by atoms with Gasteiger partial charge in [-0.2, -0.15) is 0 Å². The summed E-state index contributed by atoms with van der Waals surface area (Å²) in [5.41, 5.74) is 0.509. The quantitative estimate of drug-likeness (QED) is 0.747. The minimum Gasteiger partial charge on any atom is -0.360 e. The largest absolute Gasteiger partial charge is 0.360 e. The molecule has 1 N–H and O–H groups in total. The highest BCUT2D eigenvalue weighted by Gasteiger charge is 2.33. The van der Waals surface area contributed by atoms with E-state index in [2.05, 4.69) is 10.5 Å². The summed E-state index contributed by atoms with van der Waals surface area (Å²) in [6, 6.07) is 8.29. The van der Waals surface area contributed by atoms with Gasteiger partial charge in [0.05, 0.1) is 11.0 Å². The summed E-state index contributed by atoms with van der Waals surface area (Å²) in [4.78, 5) is 26.6. The second-order valence-corrected chi connectivity index (χ2v) is 7.94. The Kier molecular flexibility index (Phi) is 6.15. The highest BCUT2D eigenvalue weighted by molar-refractivity contribution is 8.01. The van der Waals surface area contributed by atoms with E-state index in [0.717, 1.165) is 12.8 Å². The van der Waals surface area contributed by atoms with Crippen molar-refractivity contribution < 1.29 is 18.5 Å². The molecule has 0 radical (unpaired) electrons. The molecular formula is C19H22FN3O3S. The van der Waals surface area contributed by atoms with Crippen LogP contribution >= 0.6 is 11.8 Å². The fourth-order valence-electron chi connectivity index (χ4n) is 2.63. The monoisotopic (exact) mass is 391 g/mol. The lowest BCUT2D eigenvalue weighted by atomic mass is 10.2. The number of hydrogen-bond acceptors (Lipinski definition) is 5. The molecule has 0 saturated heterocycles. The summed E-state index contributed by atoms with van der Waals surface area (Å²) in [6.45, 7) is 3.73. The fraction of sp³-hybridized carbons (Fsp3) is 0.421. The van der Waals surface area contributed by atoms with Crippen LogP contribution in [0.3, 0.4) is 0 Å². The molecule has 0 bridgehead atoms. The lowest BCUT2D eigenvalue weighted by molar-refractivity contribution is -0.129. The number of hydrogen-bond donors (Lipinski definition) is 1. The average Bonchev–Trinajstić information content (AvgIpc) is 3.40. The van der Waals surface area contributed by atoms with Crippen LogP contribution in [0.4, 0.5) is 10.2 Å². The zero-order valence-electron chi connectivity index (χ0n) is 15.3. The fourth-order valence-corrected chi connectivity index (χ4v) is 3.39. The Morgan fingerprint density at radius 3 is 2.78 bits per heavy atom. The first-order valence-electron chi connectivity index (χ1n) is 8.82. The van der Waals surface area contributed by atoms with E-state index in [9.17, 15) is 14.0 Å². The van der Waals surface area contributed by atoms with E-state index in [0.29, 0.717) is 17.1 Å². The molecule has 2 aromatic rings. The molecule has 144 valence electrons. The van der Waals surface area contributed by atoms with Gasteiger partial charge in [0.1, 0.15) is 11.6 Å². The topological polar surface area (TPSA) is 75.4 Å². The van der Waals surface area contributed by atoms with Crippen LogP contribution in [0, 0.1) is 12.7 Å². The standard InChI is InChI=1S/C19H22FN3O3S/c1-12-9-17(22-26-12)21-19(25)13(2)27-11-18(24)23(15-7-8-15)10-14-5-3-4-6-16(14)20/h3-6,9,13,15H,7-8,10-11H2,1-2H3,(H,21,22,25). The van der Waals surface area contributed by atoms with Gasteiger partial charge in [0.15, 0.2) is 5.82 Å². The molecule has 6 nitrogen and oxygen atoms in total. The number of amides is 2. The molecule has 3 rings (SSSR count). The van der Waals surface area contributed by atoms with Crippen molar-refractivity contribution in [2.24, 2.45) is 0 Å². The van der Waals surface area contributed by atoms with Crippen molar-refractivity contribution in [3.05, 3.63) is 47.5 Å². The van der Waals surface area contributed by atoms with Crippen molar-refractivity contribution in [2.75, 3.05) is 11.1 Å². The Morgan fingerprint density at radius 2 is 2.15 bits per heavy atom. The van der Waals surface area contributed by atoms with E-state index in [1.807, 2.05) is 0 Å². The summed E-state index contributed by atoms with van der Waals surface area (Å²) >= 11 is 1.25. The van der Waals surface area contributed by atoms with Crippen LogP contribution in [0.5, 0.6) is 0 Å². The smallest absolute Gasteiger partial charge is 0.238 e. The normalized spacial score (nSPS) is 14.6. The lowest BCUT2D eigenvalue weighted by Crippen LogP contribution is -2.35. The maximum atomic E-state index is 13.9. The Morgan fingerprint density at radius 1 is 1.41 bits per heavy atom. The zero-order valence-corrected chi connectivity index (χ0v) is 16.1. The zero-order chi connectivity index (χ0) is 19.4. The third kappa shape index (κ3) is 5.32. The van der Waals surface area contributed by atoms with Gasteiger partial charge in [-0.25, -0.2) is 4.39 Å². The van der Waals surface area contributed by atoms with Gasteiger partial charge in [-0.15, -0.1) is 11.8 Å². The Labute approximate surface area is 161 Å². The van der Waals surface area contributed by atoms with Gasteiger partial charge in [-0.05, 0) is 32.8 Å². The van der Waals surface area contributed by atoms with Crippen molar-refractivity contribution in [3.8, 4) is 0 Å². The van der Waals surface area contributed by atoms with Crippen molar-refractivity contribution in [2.45, 2.75) is 44.5 Å². The van der Waals surface area contributed by atoms with Crippen LogP contribution in [0.15, 0.2) is 34.9 Å². The lowest BCUT2D eigenvalue weighted by Gasteiger charge is -2.23. The molecule has 8 heteroatoms. The first-order valence-corrected chi connectivity index (χ1v) is 9.87. The maximum Gasteiger partial charge on any atom is 0.238 e. The number of carbonyl (C=O) groups is 2. The van der Waals surface area contributed by atoms with E-state index in [-0.39, 0.29) is 36.0 Å². The minimum atomic E-state index is -0.430. The Hall–Kier alpha value is -2.35. The second kappa shape index (κ2) is 8.56. The number of carbonyl (C=O) groups excluding carboxylic acids is 2. The first-order chi connectivity index (χ1) is 12.9. The van der Waals surface area contributed by atoms with Crippen molar-refractivity contribution in [3.63, 3.8) is 0 Å². The number of rotatable bonds is 8. The molecular weight excluding hydrogens is 369 g/mol. The summed E-state index contributed by atoms with van der Waals surface area (Å²) < 4.78 is 18.8. The maximum absolute atomic E-state index is 13.9. The summed E-state index contributed by atoms with van der Waals surface area (Å²) in [5.74, 6) is 0.497. The van der Waals surface area contributed by atoms with E-state index in [4.69, 9.17) is 4.52 Å². The van der Waals surface area contributed by atoms with Gasteiger partial charge in [-0.3, -0.25) is 9.59 Å². The summed E-state index contributed by atoms with van der Waals surface area (Å²) in [6.07, 6.45) is 1.87. The third-order valence-electron chi connectivity index (χ3n) is 4.31.